The van der Waals surface area contributed by atoms with Crippen molar-refractivity contribution in [1.29, 1.82) is 0 Å². The maximum atomic E-state index is 11.8. The maximum Gasteiger partial charge on any atom is 0.237 e. The molecule has 2 N–H and O–H groups in total. The molecule has 0 radical (unpaired) electrons. The van der Waals surface area contributed by atoms with Gasteiger partial charge in [0.1, 0.15) is 0 Å². The number of hydrogen-bond acceptors (Lipinski definition) is 2. The summed E-state index contributed by atoms with van der Waals surface area (Å²) in [6.07, 6.45) is 5.57. The molecule has 96 valence electrons. The largest absolute Gasteiger partial charge is 0.355 e. The van der Waals surface area contributed by atoms with E-state index in [1.165, 1.54) is 24.0 Å². The number of nitrogens with one attached hydrogen (secondary N) is 2. The molecule has 2 unspecified atom stereocenters. The molecule has 1 saturated heterocycles. The van der Waals surface area contributed by atoms with E-state index in [2.05, 4.69) is 34.9 Å². The molecule has 1 fully saturated rings. The van der Waals surface area contributed by atoms with Crippen LogP contribution in [0.2, 0.25) is 0 Å². The Balaban J connectivity index is 1.75. The lowest BCUT2D eigenvalue weighted by Gasteiger charge is -2.31. The number of amides is 1. The van der Waals surface area contributed by atoms with E-state index in [9.17, 15) is 4.79 Å². The zero-order valence-electron chi connectivity index (χ0n) is 10.6. The van der Waals surface area contributed by atoms with Crippen LogP contribution in [-0.4, -0.2) is 18.5 Å². The first-order valence-electron chi connectivity index (χ1n) is 6.96. The number of aryl methyl sites for hydroxylation is 1. The van der Waals surface area contributed by atoms with Crippen molar-refractivity contribution in [3.8, 4) is 0 Å². The van der Waals surface area contributed by atoms with Crippen LogP contribution in [0.25, 0.3) is 0 Å². The van der Waals surface area contributed by atoms with E-state index in [0.29, 0.717) is 6.04 Å². The fourth-order valence-electron chi connectivity index (χ4n) is 3.10. The first-order chi connectivity index (χ1) is 8.84. The molecular formula is C15H20N2O. The molecule has 1 aliphatic carbocycles. The Kier molecular flexibility index (Phi) is 3.33. The van der Waals surface area contributed by atoms with E-state index in [1.54, 1.807) is 0 Å². The third-order valence-corrected chi connectivity index (χ3v) is 4.06. The molecule has 0 saturated carbocycles. The van der Waals surface area contributed by atoms with Gasteiger partial charge >= 0.3 is 0 Å². The molecule has 1 amide bonds. The van der Waals surface area contributed by atoms with Crippen LogP contribution in [0.3, 0.4) is 0 Å². The Hall–Kier alpha value is -1.35. The molecule has 1 aromatic carbocycles. The Labute approximate surface area is 108 Å². The number of benzene rings is 1. The number of carbonyl (C=O) groups is 1. The minimum Gasteiger partial charge on any atom is -0.355 e. The standard InChI is InChI=1S/C15H20N2O/c18-15-14(9-4-10-16-15)17-13-8-3-6-11-5-1-2-7-12(11)13/h1-2,5,7,13-14,17H,3-4,6,8-10H2,(H,16,18). The molecule has 1 heterocycles. The van der Waals surface area contributed by atoms with Gasteiger partial charge in [0.15, 0.2) is 0 Å². The third-order valence-electron chi connectivity index (χ3n) is 4.06. The number of carbonyl (C=O) groups excluding carboxylic acids is 1. The molecule has 0 aromatic heterocycles. The molecule has 2 aliphatic rings. The zero-order chi connectivity index (χ0) is 12.4. The molecule has 1 aliphatic heterocycles. The second kappa shape index (κ2) is 5.11. The quantitative estimate of drug-likeness (QED) is 0.834. The highest BCUT2D eigenvalue weighted by Gasteiger charge is 2.27. The predicted octanol–water partition coefficient (Wildman–Crippen LogP) is 1.93. The highest BCUT2D eigenvalue weighted by Crippen LogP contribution is 2.30. The van der Waals surface area contributed by atoms with Gasteiger partial charge in [-0.3, -0.25) is 10.1 Å². The van der Waals surface area contributed by atoms with E-state index in [0.717, 1.165) is 25.8 Å². The Bertz CT molecular complexity index is 444. The molecule has 0 bridgehead atoms. The van der Waals surface area contributed by atoms with Gasteiger partial charge in [0.25, 0.3) is 0 Å². The Morgan fingerprint density at radius 2 is 1.94 bits per heavy atom. The summed E-state index contributed by atoms with van der Waals surface area (Å²) in [6.45, 7) is 0.832. The van der Waals surface area contributed by atoms with Crippen LogP contribution >= 0.6 is 0 Å². The van der Waals surface area contributed by atoms with Crippen LogP contribution in [0.4, 0.5) is 0 Å². The predicted molar refractivity (Wildman–Crippen MR) is 71.3 cm³/mol. The highest BCUT2D eigenvalue weighted by molar-refractivity contribution is 5.82. The lowest BCUT2D eigenvalue weighted by atomic mass is 9.87. The van der Waals surface area contributed by atoms with Gasteiger partial charge < -0.3 is 5.32 Å². The molecule has 18 heavy (non-hydrogen) atoms. The molecule has 2 atom stereocenters. The lowest BCUT2D eigenvalue weighted by Crippen LogP contribution is -2.49. The van der Waals surface area contributed by atoms with Crippen molar-refractivity contribution >= 4 is 5.91 Å². The van der Waals surface area contributed by atoms with Crippen molar-refractivity contribution in [3.05, 3.63) is 35.4 Å². The van der Waals surface area contributed by atoms with Gasteiger partial charge in [-0.25, -0.2) is 0 Å². The molecule has 3 nitrogen and oxygen atoms in total. The zero-order valence-corrected chi connectivity index (χ0v) is 10.6. The van der Waals surface area contributed by atoms with Gasteiger partial charge in [-0.1, -0.05) is 24.3 Å². The SMILES string of the molecule is O=C1NCCCC1NC1CCCc2ccccc21. The topological polar surface area (TPSA) is 41.1 Å². The van der Waals surface area contributed by atoms with Gasteiger partial charge in [0, 0.05) is 12.6 Å². The van der Waals surface area contributed by atoms with Crippen molar-refractivity contribution in [1.82, 2.24) is 10.6 Å². The summed E-state index contributed by atoms with van der Waals surface area (Å²) >= 11 is 0. The second-order valence-corrected chi connectivity index (χ2v) is 5.30. The van der Waals surface area contributed by atoms with E-state index < -0.39 is 0 Å². The van der Waals surface area contributed by atoms with Crippen LogP contribution in [0.1, 0.15) is 42.9 Å². The average molecular weight is 244 g/mol. The number of fused-ring (bicyclic) bond motifs is 1. The minimum absolute atomic E-state index is 0.00472. The fraction of sp³-hybridized carbons (Fsp3) is 0.533. The summed E-state index contributed by atoms with van der Waals surface area (Å²) in [6, 6.07) is 8.96. The summed E-state index contributed by atoms with van der Waals surface area (Å²) < 4.78 is 0. The van der Waals surface area contributed by atoms with Gasteiger partial charge in [-0.15, -0.1) is 0 Å². The van der Waals surface area contributed by atoms with Crippen LogP contribution < -0.4 is 10.6 Å². The van der Waals surface area contributed by atoms with Crippen molar-refractivity contribution in [2.24, 2.45) is 0 Å². The monoisotopic (exact) mass is 244 g/mol. The smallest absolute Gasteiger partial charge is 0.237 e. The average Bonchev–Trinajstić information content (AvgIpc) is 2.42. The number of piperidine rings is 1. The van der Waals surface area contributed by atoms with Crippen LogP contribution in [-0.2, 0) is 11.2 Å². The Morgan fingerprint density at radius 3 is 2.83 bits per heavy atom. The minimum atomic E-state index is -0.00472. The molecule has 3 rings (SSSR count). The maximum absolute atomic E-state index is 11.8. The second-order valence-electron chi connectivity index (χ2n) is 5.30. The van der Waals surface area contributed by atoms with E-state index >= 15 is 0 Å². The van der Waals surface area contributed by atoms with Crippen molar-refractivity contribution in [3.63, 3.8) is 0 Å². The van der Waals surface area contributed by atoms with Crippen molar-refractivity contribution in [2.75, 3.05) is 6.54 Å². The number of hydrogen-bond donors (Lipinski definition) is 2. The van der Waals surface area contributed by atoms with Crippen LogP contribution in [0.15, 0.2) is 24.3 Å². The molecule has 1 aromatic rings. The van der Waals surface area contributed by atoms with Gasteiger partial charge in [-0.2, -0.15) is 0 Å². The van der Waals surface area contributed by atoms with E-state index in [4.69, 9.17) is 0 Å². The Morgan fingerprint density at radius 1 is 1.11 bits per heavy atom. The highest BCUT2D eigenvalue weighted by atomic mass is 16.2. The first-order valence-corrected chi connectivity index (χ1v) is 6.96. The summed E-state index contributed by atoms with van der Waals surface area (Å²) in [4.78, 5) is 11.8. The lowest BCUT2D eigenvalue weighted by molar-refractivity contribution is -0.124. The summed E-state index contributed by atoms with van der Waals surface area (Å²) in [5.74, 6) is 0.171. The molecule has 0 spiro atoms. The fourth-order valence-corrected chi connectivity index (χ4v) is 3.10. The van der Waals surface area contributed by atoms with Gasteiger partial charge in [0.05, 0.1) is 6.04 Å². The molecular weight excluding hydrogens is 224 g/mol. The molecule has 3 heteroatoms. The first kappa shape index (κ1) is 11.7. The van der Waals surface area contributed by atoms with Crippen molar-refractivity contribution < 1.29 is 4.79 Å². The van der Waals surface area contributed by atoms with Gasteiger partial charge in [0.2, 0.25) is 5.91 Å². The van der Waals surface area contributed by atoms with E-state index in [-0.39, 0.29) is 11.9 Å². The van der Waals surface area contributed by atoms with Crippen LogP contribution in [0.5, 0.6) is 0 Å². The van der Waals surface area contributed by atoms with Crippen LogP contribution in [0, 0.1) is 0 Å². The van der Waals surface area contributed by atoms with Crippen molar-refractivity contribution in [2.45, 2.75) is 44.2 Å². The normalized spacial score (nSPS) is 27.4. The summed E-state index contributed by atoms with van der Waals surface area (Å²) in [7, 11) is 0. The third kappa shape index (κ3) is 2.27. The van der Waals surface area contributed by atoms with E-state index in [1.807, 2.05) is 0 Å². The summed E-state index contributed by atoms with van der Waals surface area (Å²) in [5, 5.41) is 6.50. The number of rotatable bonds is 2. The summed E-state index contributed by atoms with van der Waals surface area (Å²) in [5.41, 5.74) is 2.83. The van der Waals surface area contributed by atoms with Gasteiger partial charge in [-0.05, 0) is 43.2 Å².